The van der Waals surface area contributed by atoms with Crippen molar-refractivity contribution < 1.29 is 28.6 Å². The Morgan fingerprint density at radius 2 is 1.67 bits per heavy atom. The Hall–Kier alpha value is -4.37. The summed E-state index contributed by atoms with van der Waals surface area (Å²) in [6, 6.07) is 12.5. The zero-order chi connectivity index (χ0) is 34.2. The summed E-state index contributed by atoms with van der Waals surface area (Å²) in [4.78, 5) is 58.1. The summed E-state index contributed by atoms with van der Waals surface area (Å²) in [6.45, 7) is 11.2. The molecule has 1 aliphatic rings. The van der Waals surface area contributed by atoms with E-state index in [1.165, 1.54) is 34.0 Å². The molecule has 6 rings (SSSR count). The number of nitrogens with zero attached hydrogens (tertiary/aromatic N) is 5. The third kappa shape index (κ3) is 6.79. The van der Waals surface area contributed by atoms with Crippen molar-refractivity contribution in [1.82, 2.24) is 24.8 Å². The van der Waals surface area contributed by atoms with Gasteiger partial charge in [-0.05, 0) is 59.2 Å². The van der Waals surface area contributed by atoms with Crippen LogP contribution in [0.25, 0.3) is 32.7 Å². The highest BCUT2D eigenvalue weighted by Gasteiger charge is 2.53. The van der Waals surface area contributed by atoms with Crippen molar-refractivity contribution in [2.75, 3.05) is 6.61 Å². The fourth-order valence-electron chi connectivity index (χ4n) is 5.31. The first-order valence-corrected chi connectivity index (χ1v) is 17.8. The molecule has 1 aromatic carbocycles. The second kappa shape index (κ2) is 13.3. The first kappa shape index (κ1) is 33.5. The average molecular weight is 704 g/mol. The van der Waals surface area contributed by atoms with Gasteiger partial charge in [0.2, 0.25) is 0 Å². The van der Waals surface area contributed by atoms with Gasteiger partial charge in [0.15, 0.2) is 12.0 Å². The van der Waals surface area contributed by atoms with Gasteiger partial charge in [-0.2, -0.15) is 0 Å². The van der Waals surface area contributed by atoms with E-state index in [0.29, 0.717) is 44.0 Å². The maximum Gasteiger partial charge on any atom is 0.413 e. The Morgan fingerprint density at radius 1 is 0.938 bits per heavy atom. The third-order valence-corrected chi connectivity index (χ3v) is 9.93. The van der Waals surface area contributed by atoms with Crippen molar-refractivity contribution in [3.8, 4) is 32.7 Å². The second-order valence-electron chi connectivity index (χ2n) is 12.3. The van der Waals surface area contributed by atoms with Crippen LogP contribution in [0.3, 0.4) is 0 Å². The number of hydrogen-bond acceptors (Lipinski definition) is 13. The van der Waals surface area contributed by atoms with Crippen LogP contribution in [0.4, 0.5) is 4.79 Å². The highest BCUT2D eigenvalue weighted by molar-refractivity contribution is 7.14. The average Bonchev–Trinajstić information content (AvgIpc) is 3.85. The van der Waals surface area contributed by atoms with Crippen molar-refractivity contribution >= 4 is 52.4 Å². The molecule has 1 amide bonds. The van der Waals surface area contributed by atoms with E-state index >= 15 is 0 Å². The van der Waals surface area contributed by atoms with Crippen LogP contribution < -0.4 is 0 Å². The van der Waals surface area contributed by atoms with E-state index in [1.54, 1.807) is 29.3 Å². The minimum Gasteiger partial charge on any atom is -0.461 e. The van der Waals surface area contributed by atoms with Crippen LogP contribution >= 0.6 is 34.0 Å². The molecule has 0 spiro atoms. The van der Waals surface area contributed by atoms with Gasteiger partial charge in [0.05, 0.1) is 6.61 Å². The van der Waals surface area contributed by atoms with E-state index in [1.807, 2.05) is 75.7 Å². The van der Waals surface area contributed by atoms with Crippen molar-refractivity contribution in [1.29, 1.82) is 0 Å². The number of carbonyl (C=O) groups is 3. The molecule has 0 radical (unpaired) electrons. The third-order valence-electron chi connectivity index (χ3n) is 7.28. The fraction of sp³-hybridized carbons (Fsp3) is 0.324. The number of aldehydes is 1. The van der Waals surface area contributed by atoms with E-state index in [4.69, 9.17) is 24.2 Å². The Bertz CT molecular complexity index is 1960. The number of amides is 1. The standard InChI is InChI=1S/C34H33N5O6S3/c1-7-43-31(41)24-18-46-28(38-24)21-14-13-20(15-40)35-25(21)22-16-47-29(36-22)23-17-48-30(37-23)26-27(19-11-9-8-10-12-19)44-34(5,6)39(26)32(42)45-33(2,3)4/h8-18,26-27H,7H2,1-6H3. The zero-order valence-electron chi connectivity index (χ0n) is 27.1. The van der Waals surface area contributed by atoms with Crippen molar-refractivity contribution in [3.05, 3.63) is 80.6 Å². The lowest BCUT2D eigenvalue weighted by molar-refractivity contribution is -0.0796. The van der Waals surface area contributed by atoms with Gasteiger partial charge < -0.3 is 14.2 Å². The van der Waals surface area contributed by atoms with Crippen LogP contribution in [0.15, 0.2) is 58.6 Å². The Balaban J connectivity index is 1.36. The van der Waals surface area contributed by atoms with Gasteiger partial charge in [-0.1, -0.05) is 30.3 Å². The van der Waals surface area contributed by atoms with Crippen LogP contribution in [0, 0.1) is 0 Å². The number of rotatable bonds is 8. The molecule has 1 aliphatic heterocycles. The lowest BCUT2D eigenvalue weighted by atomic mass is 10.0. The topological polar surface area (TPSA) is 134 Å². The lowest BCUT2D eigenvalue weighted by Gasteiger charge is -2.34. The van der Waals surface area contributed by atoms with E-state index in [2.05, 4.69) is 9.97 Å². The summed E-state index contributed by atoms with van der Waals surface area (Å²) in [5, 5.41) is 7.22. The molecule has 1 saturated heterocycles. The summed E-state index contributed by atoms with van der Waals surface area (Å²) in [6.07, 6.45) is -0.314. The fourth-order valence-corrected chi connectivity index (χ4v) is 7.88. The first-order valence-electron chi connectivity index (χ1n) is 15.1. The molecule has 4 aromatic heterocycles. The lowest BCUT2D eigenvalue weighted by Crippen LogP contribution is -2.47. The van der Waals surface area contributed by atoms with Crippen molar-refractivity contribution in [3.63, 3.8) is 0 Å². The minimum absolute atomic E-state index is 0.199. The van der Waals surface area contributed by atoms with Crippen molar-refractivity contribution in [2.24, 2.45) is 0 Å². The number of esters is 1. The summed E-state index contributed by atoms with van der Waals surface area (Å²) >= 11 is 4.06. The van der Waals surface area contributed by atoms with Crippen LogP contribution in [-0.2, 0) is 14.2 Å². The predicted molar refractivity (Wildman–Crippen MR) is 184 cm³/mol. The number of ether oxygens (including phenoxy) is 3. The summed E-state index contributed by atoms with van der Waals surface area (Å²) in [5.74, 6) is -0.509. The number of aromatic nitrogens is 4. The highest BCUT2D eigenvalue weighted by atomic mass is 32.1. The molecule has 48 heavy (non-hydrogen) atoms. The van der Waals surface area contributed by atoms with Gasteiger partial charge in [0, 0.05) is 21.7 Å². The van der Waals surface area contributed by atoms with Crippen molar-refractivity contribution in [2.45, 2.75) is 65.0 Å². The van der Waals surface area contributed by atoms with E-state index in [0.717, 1.165) is 5.56 Å². The molecule has 248 valence electrons. The molecule has 14 heteroatoms. The normalized spacial score (nSPS) is 17.3. The zero-order valence-corrected chi connectivity index (χ0v) is 29.6. The molecule has 5 heterocycles. The second-order valence-corrected chi connectivity index (χ2v) is 14.9. The molecular formula is C34H33N5O6S3. The maximum atomic E-state index is 13.7. The summed E-state index contributed by atoms with van der Waals surface area (Å²) in [7, 11) is 0. The van der Waals surface area contributed by atoms with Crippen LogP contribution in [0.5, 0.6) is 0 Å². The molecule has 11 nitrogen and oxygen atoms in total. The molecule has 2 unspecified atom stereocenters. The summed E-state index contributed by atoms with van der Waals surface area (Å²) in [5.41, 5.74) is 1.89. The first-order chi connectivity index (χ1) is 22.9. The van der Waals surface area contributed by atoms with Gasteiger partial charge in [0.1, 0.15) is 61.3 Å². The van der Waals surface area contributed by atoms with Crippen LogP contribution in [0.1, 0.15) is 85.2 Å². The molecule has 0 saturated carbocycles. The smallest absolute Gasteiger partial charge is 0.413 e. The van der Waals surface area contributed by atoms with Gasteiger partial charge in [-0.15, -0.1) is 34.0 Å². The quantitative estimate of drug-likeness (QED) is 0.115. The molecule has 5 aromatic rings. The van der Waals surface area contributed by atoms with Gasteiger partial charge in [-0.25, -0.2) is 29.5 Å². The molecule has 1 fully saturated rings. The number of thiazole rings is 3. The van der Waals surface area contributed by atoms with Crippen LogP contribution in [-0.4, -0.2) is 61.1 Å². The van der Waals surface area contributed by atoms with Gasteiger partial charge in [-0.3, -0.25) is 9.69 Å². The minimum atomic E-state index is -0.984. The monoisotopic (exact) mass is 703 g/mol. The largest absolute Gasteiger partial charge is 0.461 e. The van der Waals surface area contributed by atoms with Gasteiger partial charge in [0.25, 0.3) is 0 Å². The van der Waals surface area contributed by atoms with Crippen LogP contribution in [0.2, 0.25) is 0 Å². The van der Waals surface area contributed by atoms with E-state index in [-0.39, 0.29) is 18.0 Å². The summed E-state index contributed by atoms with van der Waals surface area (Å²) < 4.78 is 17.5. The number of carbonyl (C=O) groups excluding carboxylic acids is 3. The highest BCUT2D eigenvalue weighted by Crippen LogP contribution is 2.51. The molecule has 2 atom stereocenters. The predicted octanol–water partition coefficient (Wildman–Crippen LogP) is 8.23. The van der Waals surface area contributed by atoms with Gasteiger partial charge >= 0.3 is 12.1 Å². The molecule has 0 N–H and O–H groups in total. The van der Waals surface area contributed by atoms with E-state index < -0.39 is 35.5 Å². The molecular weight excluding hydrogens is 671 g/mol. The SMILES string of the molecule is CCOC(=O)c1csc(-c2ccc(C=O)nc2-c2csc(-c3csc(C4C(c5ccccc5)OC(C)(C)N4C(=O)OC(C)(C)C)n3)n2)n1. The maximum absolute atomic E-state index is 13.7. The molecule has 0 aliphatic carbocycles. The Labute approximate surface area is 289 Å². The Kier molecular flexibility index (Phi) is 9.27. The number of pyridine rings is 1. The number of benzene rings is 1. The Morgan fingerprint density at radius 3 is 2.38 bits per heavy atom. The van der Waals surface area contributed by atoms with E-state index in [9.17, 15) is 14.4 Å². The molecule has 0 bridgehead atoms. The number of hydrogen-bond donors (Lipinski definition) is 0.